The van der Waals surface area contributed by atoms with Gasteiger partial charge in [-0.05, 0) is 54.1 Å². The Kier molecular flexibility index (Phi) is 7.03. The first-order chi connectivity index (χ1) is 16.5. The molecule has 0 saturated carbocycles. The molecule has 34 heavy (non-hydrogen) atoms. The van der Waals surface area contributed by atoms with E-state index in [4.69, 9.17) is 14.2 Å². The number of amides is 2. The van der Waals surface area contributed by atoms with E-state index < -0.39 is 24.8 Å². The first-order valence-corrected chi connectivity index (χ1v) is 12.7. The molecule has 0 N–H and O–H groups in total. The molecule has 0 spiro atoms. The molecule has 2 amide bonds. The van der Waals surface area contributed by atoms with E-state index in [2.05, 4.69) is 0 Å². The zero-order valence-electron chi connectivity index (χ0n) is 19.0. The van der Waals surface area contributed by atoms with Crippen LogP contribution in [0.25, 0.3) is 0 Å². The molecule has 1 atom stereocenters. The van der Waals surface area contributed by atoms with Crippen LogP contribution in [0.3, 0.4) is 0 Å². The summed E-state index contributed by atoms with van der Waals surface area (Å²) < 4.78 is 30.7. The Labute approximate surface area is 198 Å². The highest BCUT2D eigenvalue weighted by Gasteiger charge is 2.41. The predicted molar refractivity (Wildman–Crippen MR) is 130 cm³/mol. The van der Waals surface area contributed by atoms with E-state index in [-0.39, 0.29) is 19.6 Å². The molecule has 1 fully saturated rings. The lowest BCUT2D eigenvalue weighted by molar-refractivity contribution is -0.127. The maximum atomic E-state index is 15.2. The Morgan fingerprint density at radius 3 is 1.88 bits per heavy atom. The molecule has 0 radical (unpaired) electrons. The van der Waals surface area contributed by atoms with Crippen LogP contribution < -0.4 is 20.1 Å². The summed E-state index contributed by atoms with van der Waals surface area (Å²) in [5, 5.41) is 1.17. The highest BCUT2D eigenvalue weighted by Crippen LogP contribution is 2.59. The van der Waals surface area contributed by atoms with Crippen LogP contribution in [0.5, 0.6) is 11.5 Å². The Morgan fingerprint density at radius 2 is 1.44 bits per heavy atom. The summed E-state index contributed by atoms with van der Waals surface area (Å²) in [4.78, 5) is 26.3. The molecule has 4 rings (SSSR count). The standard InChI is InChI=1S/C26H26NO6P/c1-31-20-8-12-22(13-9-20)34(30,23-14-10-21(32-2)11-15-23)24(19-6-4-3-5-7-19)18-25(28)27-16-17-33-26(27)29/h3-15,24H,16-18H2,1-2H3/t24-/m0/s1. The quantitative estimate of drug-likeness (QED) is 0.452. The summed E-state index contributed by atoms with van der Waals surface area (Å²) in [6.07, 6.45) is -0.783. The molecule has 3 aromatic carbocycles. The third kappa shape index (κ3) is 4.57. The van der Waals surface area contributed by atoms with E-state index in [1.54, 1.807) is 62.8 Å². The summed E-state index contributed by atoms with van der Waals surface area (Å²) in [7, 11) is -0.305. The first-order valence-electron chi connectivity index (χ1n) is 10.9. The average Bonchev–Trinajstić information content (AvgIpc) is 3.33. The van der Waals surface area contributed by atoms with Gasteiger partial charge >= 0.3 is 6.09 Å². The molecule has 0 aromatic heterocycles. The van der Waals surface area contributed by atoms with Gasteiger partial charge in [0.1, 0.15) is 18.1 Å². The van der Waals surface area contributed by atoms with Crippen molar-refractivity contribution >= 4 is 29.8 Å². The van der Waals surface area contributed by atoms with Gasteiger partial charge in [0.25, 0.3) is 0 Å². The van der Waals surface area contributed by atoms with Crippen molar-refractivity contribution in [2.24, 2.45) is 0 Å². The van der Waals surface area contributed by atoms with Crippen molar-refractivity contribution in [3.05, 3.63) is 84.4 Å². The van der Waals surface area contributed by atoms with Crippen molar-refractivity contribution in [1.82, 2.24) is 4.90 Å². The lowest BCUT2D eigenvalue weighted by atomic mass is 10.1. The molecule has 1 heterocycles. The van der Waals surface area contributed by atoms with Gasteiger partial charge in [-0.25, -0.2) is 9.69 Å². The number of nitrogens with zero attached hydrogens (tertiary/aromatic N) is 1. The summed E-state index contributed by atoms with van der Waals surface area (Å²) in [5.41, 5.74) is 0.0507. The van der Waals surface area contributed by atoms with Crippen molar-refractivity contribution in [2.45, 2.75) is 12.1 Å². The van der Waals surface area contributed by atoms with Crippen LogP contribution in [0.4, 0.5) is 4.79 Å². The molecule has 0 unspecified atom stereocenters. The molecule has 3 aromatic rings. The number of rotatable bonds is 8. The minimum Gasteiger partial charge on any atom is -0.497 e. The minimum atomic E-state index is -3.44. The summed E-state index contributed by atoms with van der Waals surface area (Å²) in [5.74, 6) is 0.855. The Hall–Kier alpha value is -3.57. The molecule has 1 aliphatic rings. The topological polar surface area (TPSA) is 82.1 Å². The van der Waals surface area contributed by atoms with Gasteiger partial charge in [0, 0.05) is 17.0 Å². The van der Waals surface area contributed by atoms with Crippen LogP contribution in [0.2, 0.25) is 0 Å². The number of hydrogen-bond donors (Lipinski definition) is 0. The molecule has 0 bridgehead atoms. The highest BCUT2D eigenvalue weighted by molar-refractivity contribution is 7.79. The summed E-state index contributed by atoms with van der Waals surface area (Å²) in [6, 6.07) is 23.4. The predicted octanol–water partition coefficient (Wildman–Crippen LogP) is 4.13. The largest absolute Gasteiger partial charge is 0.497 e. The highest BCUT2D eigenvalue weighted by atomic mass is 31.2. The van der Waals surface area contributed by atoms with E-state index >= 15 is 4.57 Å². The maximum absolute atomic E-state index is 15.2. The third-order valence-corrected chi connectivity index (χ3v) is 9.45. The Morgan fingerprint density at radius 1 is 0.912 bits per heavy atom. The van der Waals surface area contributed by atoms with E-state index in [0.717, 1.165) is 10.5 Å². The number of cyclic esters (lactones) is 1. The fourth-order valence-corrected chi connectivity index (χ4v) is 7.35. The van der Waals surface area contributed by atoms with Gasteiger partial charge in [0.05, 0.1) is 26.4 Å². The normalized spacial score (nSPS) is 14.4. The monoisotopic (exact) mass is 479 g/mol. The van der Waals surface area contributed by atoms with E-state index in [9.17, 15) is 9.59 Å². The van der Waals surface area contributed by atoms with Crippen molar-refractivity contribution < 1.29 is 28.4 Å². The van der Waals surface area contributed by atoms with Gasteiger partial charge in [-0.15, -0.1) is 0 Å². The summed E-state index contributed by atoms with van der Waals surface area (Å²) in [6.45, 7) is 0.351. The second-order valence-electron chi connectivity index (χ2n) is 7.84. The molecular formula is C26H26NO6P. The van der Waals surface area contributed by atoms with Crippen LogP contribution in [0, 0.1) is 0 Å². The molecule has 7 nitrogen and oxygen atoms in total. The van der Waals surface area contributed by atoms with Gasteiger partial charge < -0.3 is 18.8 Å². The van der Waals surface area contributed by atoms with E-state index in [1.807, 2.05) is 30.3 Å². The minimum absolute atomic E-state index is 0.117. The zero-order valence-corrected chi connectivity index (χ0v) is 19.9. The number of hydrogen-bond acceptors (Lipinski definition) is 6. The number of carbonyl (C=O) groups is 2. The first kappa shape index (κ1) is 23.6. The van der Waals surface area contributed by atoms with E-state index in [1.165, 1.54) is 0 Å². The molecule has 1 aliphatic heterocycles. The fraction of sp³-hybridized carbons (Fsp3) is 0.231. The number of carbonyl (C=O) groups excluding carboxylic acids is 2. The Bertz CT molecular complexity index is 1140. The maximum Gasteiger partial charge on any atom is 0.416 e. The molecule has 1 saturated heterocycles. The Balaban J connectivity index is 1.86. The second-order valence-corrected chi connectivity index (χ2v) is 10.8. The summed E-state index contributed by atoms with van der Waals surface area (Å²) >= 11 is 0. The lowest BCUT2D eigenvalue weighted by Crippen LogP contribution is -2.34. The SMILES string of the molecule is COc1ccc(P(=O)(c2ccc(OC)cc2)[C@@H](CC(=O)N2CCOC2=O)c2ccccc2)cc1. The van der Waals surface area contributed by atoms with Crippen LogP contribution in [-0.2, 0) is 14.1 Å². The number of benzene rings is 3. The van der Waals surface area contributed by atoms with Crippen LogP contribution in [0.15, 0.2) is 78.9 Å². The molecule has 0 aliphatic carbocycles. The smallest absolute Gasteiger partial charge is 0.416 e. The van der Waals surface area contributed by atoms with Crippen LogP contribution >= 0.6 is 7.14 Å². The lowest BCUT2D eigenvalue weighted by Gasteiger charge is -2.30. The third-order valence-electron chi connectivity index (χ3n) is 5.97. The number of imide groups is 1. The van der Waals surface area contributed by atoms with Gasteiger partial charge in [0.2, 0.25) is 5.91 Å². The van der Waals surface area contributed by atoms with Crippen molar-refractivity contribution in [2.75, 3.05) is 27.4 Å². The van der Waals surface area contributed by atoms with E-state index in [0.29, 0.717) is 22.1 Å². The average molecular weight is 479 g/mol. The number of ether oxygens (including phenoxy) is 3. The van der Waals surface area contributed by atoms with Crippen molar-refractivity contribution in [1.29, 1.82) is 0 Å². The van der Waals surface area contributed by atoms with Gasteiger partial charge in [0.15, 0.2) is 7.14 Å². The van der Waals surface area contributed by atoms with Crippen molar-refractivity contribution in [3.63, 3.8) is 0 Å². The molecule has 176 valence electrons. The van der Waals surface area contributed by atoms with Crippen molar-refractivity contribution in [3.8, 4) is 11.5 Å². The van der Waals surface area contributed by atoms with Crippen LogP contribution in [-0.4, -0.2) is 44.3 Å². The molecule has 8 heteroatoms. The molecular weight excluding hydrogens is 453 g/mol. The zero-order chi connectivity index (χ0) is 24.1. The van der Waals surface area contributed by atoms with Crippen LogP contribution in [0.1, 0.15) is 17.6 Å². The second kappa shape index (κ2) is 10.1. The van der Waals surface area contributed by atoms with Gasteiger partial charge in [-0.1, -0.05) is 30.3 Å². The fourth-order valence-electron chi connectivity index (χ4n) is 4.14. The number of methoxy groups -OCH3 is 2. The van der Waals surface area contributed by atoms with Gasteiger partial charge in [-0.2, -0.15) is 0 Å². The van der Waals surface area contributed by atoms with Gasteiger partial charge in [-0.3, -0.25) is 4.79 Å².